The first-order chi connectivity index (χ1) is 11.2. The van der Waals surface area contributed by atoms with E-state index in [1.165, 1.54) is 11.3 Å². The number of hydrogen-bond acceptors (Lipinski definition) is 5. The van der Waals surface area contributed by atoms with Gasteiger partial charge in [0, 0.05) is 5.56 Å². The molecule has 2 aromatic carbocycles. The summed E-state index contributed by atoms with van der Waals surface area (Å²) in [6.45, 7) is 0. The Bertz CT molecular complexity index is 860. The largest absolute Gasteiger partial charge is 0.497 e. The molecule has 1 heterocycles. The van der Waals surface area contributed by atoms with E-state index in [0.29, 0.717) is 27.4 Å². The van der Waals surface area contributed by atoms with Gasteiger partial charge in [0.05, 0.1) is 17.7 Å². The lowest BCUT2D eigenvalue weighted by molar-refractivity contribution is 0.173. The molecule has 1 aromatic heterocycles. The molecule has 0 aliphatic heterocycles. The minimum Gasteiger partial charge on any atom is -0.497 e. The lowest BCUT2D eigenvalue weighted by atomic mass is 9.89. The molecule has 4 rings (SSSR count). The van der Waals surface area contributed by atoms with Crippen LogP contribution in [0.1, 0.15) is 33.9 Å². The Balaban J connectivity index is 1.84. The van der Waals surface area contributed by atoms with E-state index in [2.05, 4.69) is 4.98 Å². The molecule has 0 bridgehead atoms. The predicted octanol–water partition coefficient (Wildman–Crippen LogP) is 3.30. The molecule has 4 nitrogen and oxygen atoms in total. The van der Waals surface area contributed by atoms with E-state index in [4.69, 9.17) is 4.74 Å². The molecule has 1 aliphatic carbocycles. The number of rotatable bonds is 2. The third kappa shape index (κ3) is 2.25. The van der Waals surface area contributed by atoms with Gasteiger partial charge in [0.15, 0.2) is 0 Å². The highest BCUT2D eigenvalue weighted by Crippen LogP contribution is 2.45. The topological polar surface area (TPSA) is 62.6 Å². The zero-order valence-electron chi connectivity index (χ0n) is 12.4. The third-order valence-corrected chi connectivity index (χ3v) is 5.26. The molecule has 0 fully saturated rings. The second-order valence-electron chi connectivity index (χ2n) is 5.43. The van der Waals surface area contributed by atoms with E-state index in [1.807, 2.05) is 30.3 Å². The van der Waals surface area contributed by atoms with Crippen molar-refractivity contribution in [3.63, 3.8) is 0 Å². The van der Waals surface area contributed by atoms with Crippen LogP contribution in [0.3, 0.4) is 0 Å². The molecule has 0 saturated carbocycles. The molecule has 2 unspecified atom stereocenters. The molecule has 0 spiro atoms. The number of ether oxygens (including phenoxy) is 1. The number of aliphatic hydroxyl groups is 2. The standard InChI is InChI=1S/C18H15NO3S/c1-22-11-7-8-12-13(9-11)16(21)17-14(15(12)20)19-18(23-17)10-5-3-2-4-6-10/h2-9,15-16,20-21H,1H3. The summed E-state index contributed by atoms with van der Waals surface area (Å²) < 4.78 is 5.22. The van der Waals surface area contributed by atoms with Crippen LogP contribution in [0.2, 0.25) is 0 Å². The second-order valence-corrected chi connectivity index (χ2v) is 6.47. The van der Waals surface area contributed by atoms with Crippen LogP contribution in [-0.2, 0) is 0 Å². The van der Waals surface area contributed by atoms with Crippen molar-refractivity contribution in [3.8, 4) is 16.3 Å². The molecular weight excluding hydrogens is 310 g/mol. The van der Waals surface area contributed by atoms with Crippen LogP contribution in [0.15, 0.2) is 48.5 Å². The molecule has 0 amide bonds. The van der Waals surface area contributed by atoms with Crippen molar-refractivity contribution in [2.45, 2.75) is 12.2 Å². The zero-order valence-corrected chi connectivity index (χ0v) is 13.2. The van der Waals surface area contributed by atoms with E-state index < -0.39 is 12.2 Å². The normalized spacial score (nSPS) is 19.1. The minimum absolute atomic E-state index is 0.541. The van der Waals surface area contributed by atoms with E-state index >= 15 is 0 Å². The van der Waals surface area contributed by atoms with Crippen LogP contribution in [0.4, 0.5) is 0 Å². The molecule has 1 aliphatic rings. The van der Waals surface area contributed by atoms with Gasteiger partial charge in [0.2, 0.25) is 0 Å². The SMILES string of the molecule is COc1ccc2c(c1)C(O)c1sc(-c3ccccc3)nc1C2O. The summed E-state index contributed by atoms with van der Waals surface area (Å²) in [7, 11) is 1.58. The van der Waals surface area contributed by atoms with Crippen molar-refractivity contribution in [2.75, 3.05) is 7.11 Å². The van der Waals surface area contributed by atoms with Gasteiger partial charge in [0.1, 0.15) is 23.0 Å². The van der Waals surface area contributed by atoms with Gasteiger partial charge in [-0.2, -0.15) is 0 Å². The molecule has 23 heavy (non-hydrogen) atoms. The number of nitrogens with zero attached hydrogens (tertiary/aromatic N) is 1. The predicted molar refractivity (Wildman–Crippen MR) is 88.7 cm³/mol. The average molecular weight is 325 g/mol. The molecule has 3 aromatic rings. The van der Waals surface area contributed by atoms with Crippen molar-refractivity contribution in [2.24, 2.45) is 0 Å². The lowest BCUT2D eigenvalue weighted by Gasteiger charge is -2.25. The first kappa shape index (κ1) is 14.4. The van der Waals surface area contributed by atoms with Crippen molar-refractivity contribution in [1.29, 1.82) is 0 Å². The number of fused-ring (bicyclic) bond motifs is 2. The zero-order chi connectivity index (χ0) is 16.0. The van der Waals surface area contributed by atoms with Gasteiger partial charge in [-0.25, -0.2) is 4.98 Å². The molecule has 0 radical (unpaired) electrons. The highest BCUT2D eigenvalue weighted by atomic mass is 32.1. The van der Waals surface area contributed by atoms with Gasteiger partial charge in [-0.05, 0) is 23.3 Å². The summed E-state index contributed by atoms with van der Waals surface area (Å²) >= 11 is 1.42. The monoisotopic (exact) mass is 325 g/mol. The van der Waals surface area contributed by atoms with E-state index in [1.54, 1.807) is 25.3 Å². The van der Waals surface area contributed by atoms with Crippen LogP contribution in [0, 0.1) is 0 Å². The fourth-order valence-corrected chi connectivity index (χ4v) is 4.00. The smallest absolute Gasteiger partial charge is 0.124 e. The van der Waals surface area contributed by atoms with Gasteiger partial charge >= 0.3 is 0 Å². The first-order valence-electron chi connectivity index (χ1n) is 7.29. The summed E-state index contributed by atoms with van der Waals surface area (Å²) in [4.78, 5) is 5.26. The minimum atomic E-state index is -0.831. The fourth-order valence-electron chi connectivity index (χ4n) is 2.89. The Kier molecular flexibility index (Phi) is 3.41. The number of aliphatic hydroxyl groups excluding tert-OH is 2. The van der Waals surface area contributed by atoms with Crippen LogP contribution in [0.25, 0.3) is 10.6 Å². The van der Waals surface area contributed by atoms with Crippen LogP contribution < -0.4 is 4.74 Å². The molecular formula is C18H15NO3S. The Labute approximate surface area is 137 Å². The molecule has 2 N–H and O–H groups in total. The molecule has 2 atom stereocenters. The van der Waals surface area contributed by atoms with Crippen LogP contribution in [0.5, 0.6) is 5.75 Å². The third-order valence-electron chi connectivity index (χ3n) is 4.09. The fraction of sp³-hybridized carbons (Fsp3) is 0.167. The Morgan fingerprint density at radius 1 is 1.00 bits per heavy atom. The number of benzene rings is 2. The van der Waals surface area contributed by atoms with E-state index in [0.717, 1.165) is 10.6 Å². The van der Waals surface area contributed by atoms with Gasteiger partial charge in [-0.15, -0.1) is 11.3 Å². The Morgan fingerprint density at radius 2 is 1.78 bits per heavy atom. The van der Waals surface area contributed by atoms with Gasteiger partial charge in [-0.1, -0.05) is 36.4 Å². The Hall–Kier alpha value is -2.21. The van der Waals surface area contributed by atoms with Gasteiger partial charge in [0.25, 0.3) is 0 Å². The average Bonchev–Trinajstić information content (AvgIpc) is 3.06. The van der Waals surface area contributed by atoms with Gasteiger partial charge < -0.3 is 14.9 Å². The number of methoxy groups -OCH3 is 1. The van der Waals surface area contributed by atoms with E-state index in [-0.39, 0.29) is 0 Å². The molecule has 5 heteroatoms. The van der Waals surface area contributed by atoms with Crippen molar-refractivity contribution >= 4 is 11.3 Å². The van der Waals surface area contributed by atoms with Crippen molar-refractivity contribution in [3.05, 3.63) is 70.2 Å². The number of thiazole rings is 1. The summed E-state index contributed by atoms with van der Waals surface area (Å²) in [6.07, 6.45) is -1.63. The van der Waals surface area contributed by atoms with Crippen molar-refractivity contribution in [1.82, 2.24) is 4.98 Å². The van der Waals surface area contributed by atoms with Crippen LogP contribution in [-0.4, -0.2) is 22.3 Å². The van der Waals surface area contributed by atoms with Gasteiger partial charge in [-0.3, -0.25) is 0 Å². The maximum Gasteiger partial charge on any atom is 0.124 e. The quantitative estimate of drug-likeness (QED) is 0.759. The summed E-state index contributed by atoms with van der Waals surface area (Å²) in [5.74, 6) is 0.659. The molecule has 116 valence electrons. The summed E-state index contributed by atoms with van der Waals surface area (Å²) in [5.41, 5.74) is 2.87. The second kappa shape index (κ2) is 5.45. The highest BCUT2D eigenvalue weighted by Gasteiger charge is 2.34. The maximum atomic E-state index is 10.7. The van der Waals surface area contributed by atoms with Crippen LogP contribution >= 0.6 is 11.3 Å². The highest BCUT2D eigenvalue weighted by molar-refractivity contribution is 7.15. The lowest BCUT2D eigenvalue weighted by Crippen LogP contribution is -2.16. The summed E-state index contributed by atoms with van der Waals surface area (Å²) in [5, 5.41) is 22.2. The number of hydrogen-bond donors (Lipinski definition) is 2. The Morgan fingerprint density at radius 3 is 2.52 bits per heavy atom. The van der Waals surface area contributed by atoms with E-state index in [9.17, 15) is 10.2 Å². The number of aromatic nitrogens is 1. The summed E-state index contributed by atoms with van der Waals surface area (Å²) in [6, 6.07) is 15.1. The molecule has 0 saturated heterocycles. The maximum absolute atomic E-state index is 10.7. The first-order valence-corrected chi connectivity index (χ1v) is 8.10. The van der Waals surface area contributed by atoms with Crippen molar-refractivity contribution < 1.29 is 14.9 Å².